The number of carbonyl (C=O) groups excluding carboxylic acids is 1. The van der Waals surface area contributed by atoms with Gasteiger partial charge in [-0.3, -0.25) is 4.79 Å². The minimum absolute atomic E-state index is 0.0315. The smallest absolute Gasteiger partial charge is 0.279 e. The molecule has 0 aliphatic rings. The molecule has 0 aromatic heterocycles. The van der Waals surface area contributed by atoms with Crippen LogP contribution in [0.2, 0.25) is 0 Å². The number of alkyl halides is 6. The molecular formula is C14H10F6O. The van der Waals surface area contributed by atoms with Crippen LogP contribution in [0.4, 0.5) is 26.3 Å². The van der Waals surface area contributed by atoms with Gasteiger partial charge in [0.05, 0.1) is 11.1 Å². The first-order valence-electron chi connectivity index (χ1n) is 5.88. The van der Waals surface area contributed by atoms with Crippen molar-refractivity contribution < 1.29 is 31.1 Å². The molecule has 0 saturated heterocycles. The Morgan fingerprint density at radius 1 is 1.00 bits per heavy atom. The minimum Gasteiger partial charge on any atom is -0.279 e. The summed E-state index contributed by atoms with van der Waals surface area (Å²) < 4.78 is 75.5. The van der Waals surface area contributed by atoms with Crippen LogP contribution >= 0.6 is 0 Å². The van der Waals surface area contributed by atoms with E-state index in [1.165, 1.54) is 0 Å². The molecule has 0 heterocycles. The van der Waals surface area contributed by atoms with Gasteiger partial charge in [0.25, 0.3) is 0 Å². The van der Waals surface area contributed by atoms with Crippen molar-refractivity contribution >= 4 is 5.78 Å². The quantitative estimate of drug-likeness (QED) is 0.335. The van der Waals surface area contributed by atoms with Crippen molar-refractivity contribution in [3.8, 4) is 11.8 Å². The Morgan fingerprint density at radius 2 is 1.48 bits per heavy atom. The summed E-state index contributed by atoms with van der Waals surface area (Å²) in [6, 6.07) is 0.715. The molecule has 7 heteroatoms. The highest BCUT2D eigenvalue weighted by Crippen LogP contribution is 2.36. The first kappa shape index (κ1) is 17.1. The van der Waals surface area contributed by atoms with Crippen LogP contribution in [0, 0.1) is 11.8 Å². The van der Waals surface area contributed by atoms with Crippen LogP contribution in [0.15, 0.2) is 18.2 Å². The molecular weight excluding hydrogens is 298 g/mol. The molecule has 0 amide bonds. The molecule has 0 radical (unpaired) electrons. The fraction of sp³-hybridized carbons (Fsp3) is 0.357. The van der Waals surface area contributed by atoms with E-state index in [4.69, 9.17) is 0 Å². The van der Waals surface area contributed by atoms with Crippen molar-refractivity contribution in [2.75, 3.05) is 0 Å². The summed E-state index contributed by atoms with van der Waals surface area (Å²) >= 11 is 0. The van der Waals surface area contributed by atoms with E-state index >= 15 is 0 Å². The zero-order valence-electron chi connectivity index (χ0n) is 10.8. The SMILES string of the molecule is CCCC#CC(=O)c1cc(C(F)(F)F)cc(C(F)(F)F)c1. The first-order valence-corrected chi connectivity index (χ1v) is 5.88. The normalized spacial score (nSPS) is 11.8. The largest absolute Gasteiger partial charge is 0.416 e. The van der Waals surface area contributed by atoms with E-state index in [-0.39, 0.29) is 6.07 Å². The second-order valence-electron chi connectivity index (χ2n) is 4.18. The second kappa shape index (κ2) is 6.20. The van der Waals surface area contributed by atoms with Gasteiger partial charge in [0.2, 0.25) is 5.78 Å². The van der Waals surface area contributed by atoms with Crippen molar-refractivity contribution in [2.45, 2.75) is 32.1 Å². The van der Waals surface area contributed by atoms with E-state index in [1.807, 2.05) is 5.92 Å². The number of Topliss-reactive ketones (excluding diaryl/α,β-unsaturated/α-hetero) is 1. The van der Waals surface area contributed by atoms with Crippen LogP contribution in [0.3, 0.4) is 0 Å². The van der Waals surface area contributed by atoms with Crippen molar-refractivity contribution in [2.24, 2.45) is 0 Å². The van der Waals surface area contributed by atoms with Crippen molar-refractivity contribution in [3.63, 3.8) is 0 Å². The standard InChI is InChI=1S/C14H10F6O/c1-2-3-4-5-12(21)9-6-10(13(15,16)17)8-11(7-9)14(18,19)20/h6-8H,2-3H2,1H3. The van der Waals surface area contributed by atoms with Gasteiger partial charge < -0.3 is 0 Å². The number of ketones is 1. The summed E-state index contributed by atoms with van der Waals surface area (Å²) in [7, 11) is 0. The van der Waals surface area contributed by atoms with Crippen LogP contribution in [0.25, 0.3) is 0 Å². The van der Waals surface area contributed by atoms with E-state index in [0.29, 0.717) is 25.0 Å². The van der Waals surface area contributed by atoms with Crippen molar-refractivity contribution in [1.82, 2.24) is 0 Å². The highest BCUT2D eigenvalue weighted by Gasteiger charge is 2.37. The second-order valence-corrected chi connectivity index (χ2v) is 4.18. The molecule has 114 valence electrons. The van der Waals surface area contributed by atoms with Crippen molar-refractivity contribution in [1.29, 1.82) is 0 Å². The molecule has 0 aliphatic heterocycles. The Kier molecular flexibility index (Phi) is 5.05. The first-order chi connectivity index (χ1) is 9.55. The molecule has 0 saturated carbocycles. The summed E-state index contributed by atoms with van der Waals surface area (Å²) in [4.78, 5) is 11.6. The lowest BCUT2D eigenvalue weighted by atomic mass is 10.0. The Morgan fingerprint density at radius 3 is 1.86 bits per heavy atom. The predicted octanol–water partition coefficient (Wildman–Crippen LogP) is 4.71. The van der Waals surface area contributed by atoms with Crippen LogP contribution in [-0.2, 0) is 12.4 Å². The number of unbranched alkanes of at least 4 members (excludes halogenated alkanes) is 1. The van der Waals surface area contributed by atoms with Crippen LogP contribution in [0.1, 0.15) is 41.3 Å². The lowest BCUT2D eigenvalue weighted by Gasteiger charge is -2.12. The summed E-state index contributed by atoms with van der Waals surface area (Å²) in [6.07, 6.45) is -9.01. The molecule has 0 atom stereocenters. The molecule has 0 spiro atoms. The molecule has 0 aliphatic carbocycles. The Balaban J connectivity index is 3.33. The van der Waals surface area contributed by atoms with E-state index in [2.05, 4.69) is 5.92 Å². The van der Waals surface area contributed by atoms with Gasteiger partial charge in [-0.1, -0.05) is 12.8 Å². The molecule has 0 fully saturated rings. The van der Waals surface area contributed by atoms with Gasteiger partial charge in [-0.2, -0.15) is 26.3 Å². The van der Waals surface area contributed by atoms with Gasteiger partial charge >= 0.3 is 12.4 Å². The monoisotopic (exact) mass is 308 g/mol. The molecule has 21 heavy (non-hydrogen) atoms. The fourth-order valence-electron chi connectivity index (χ4n) is 1.43. The van der Waals surface area contributed by atoms with E-state index in [0.717, 1.165) is 0 Å². The molecule has 1 aromatic carbocycles. The van der Waals surface area contributed by atoms with E-state index in [9.17, 15) is 31.1 Å². The van der Waals surface area contributed by atoms with Crippen LogP contribution < -0.4 is 0 Å². The Bertz CT molecular complexity index is 554. The van der Waals surface area contributed by atoms with Gasteiger partial charge in [0, 0.05) is 12.0 Å². The van der Waals surface area contributed by atoms with Crippen molar-refractivity contribution in [3.05, 3.63) is 34.9 Å². The van der Waals surface area contributed by atoms with Gasteiger partial charge in [-0.15, -0.1) is 0 Å². The number of halogens is 6. The van der Waals surface area contributed by atoms with Gasteiger partial charge in [-0.05, 0) is 30.5 Å². The lowest BCUT2D eigenvalue weighted by molar-refractivity contribution is -0.143. The average Bonchev–Trinajstić information content (AvgIpc) is 2.36. The Hall–Kier alpha value is -1.97. The number of hydrogen-bond donors (Lipinski definition) is 0. The Labute approximate surface area is 117 Å². The third kappa shape index (κ3) is 4.81. The minimum atomic E-state index is -4.98. The topological polar surface area (TPSA) is 17.1 Å². The number of benzene rings is 1. The molecule has 0 unspecified atom stereocenters. The molecule has 1 nitrogen and oxygen atoms in total. The van der Waals surface area contributed by atoms with Gasteiger partial charge in [0.15, 0.2) is 0 Å². The maximum absolute atomic E-state index is 12.6. The fourth-order valence-corrected chi connectivity index (χ4v) is 1.43. The molecule has 0 bridgehead atoms. The van der Waals surface area contributed by atoms with Gasteiger partial charge in [-0.25, -0.2) is 0 Å². The summed E-state index contributed by atoms with van der Waals surface area (Å²) in [5.74, 6) is 3.35. The summed E-state index contributed by atoms with van der Waals surface area (Å²) in [5.41, 5.74) is -3.78. The number of carbonyl (C=O) groups is 1. The molecule has 1 aromatic rings. The lowest BCUT2D eigenvalue weighted by Crippen LogP contribution is -2.13. The number of rotatable bonds is 2. The number of hydrogen-bond acceptors (Lipinski definition) is 1. The van der Waals surface area contributed by atoms with Gasteiger partial charge in [0.1, 0.15) is 0 Å². The predicted molar refractivity (Wildman–Crippen MR) is 63.5 cm³/mol. The molecule has 0 N–H and O–H groups in total. The average molecular weight is 308 g/mol. The third-order valence-corrected chi connectivity index (χ3v) is 2.43. The maximum Gasteiger partial charge on any atom is 0.416 e. The highest BCUT2D eigenvalue weighted by molar-refractivity contribution is 6.09. The summed E-state index contributed by atoms with van der Waals surface area (Å²) in [6.45, 7) is 1.77. The third-order valence-electron chi connectivity index (χ3n) is 2.43. The van der Waals surface area contributed by atoms with E-state index < -0.39 is 34.8 Å². The molecule has 1 rings (SSSR count). The zero-order valence-corrected chi connectivity index (χ0v) is 10.8. The highest BCUT2D eigenvalue weighted by atomic mass is 19.4. The van der Waals surface area contributed by atoms with Crippen LogP contribution in [-0.4, -0.2) is 5.78 Å². The maximum atomic E-state index is 12.6. The van der Waals surface area contributed by atoms with E-state index in [1.54, 1.807) is 6.92 Å². The zero-order chi connectivity index (χ0) is 16.3. The summed E-state index contributed by atoms with van der Waals surface area (Å²) in [5, 5.41) is 0. The van der Waals surface area contributed by atoms with Crippen LogP contribution in [0.5, 0.6) is 0 Å².